The summed E-state index contributed by atoms with van der Waals surface area (Å²) in [5.41, 5.74) is 0. The number of amides is 2. The van der Waals surface area contributed by atoms with Crippen molar-refractivity contribution in [3.8, 4) is 0 Å². The number of carboxylic acids is 1. The maximum Gasteiger partial charge on any atom is 0.317 e. The first-order chi connectivity index (χ1) is 8.66. The van der Waals surface area contributed by atoms with Crippen LogP contribution in [-0.4, -0.2) is 56.6 Å². The summed E-state index contributed by atoms with van der Waals surface area (Å²) in [6, 6.07) is -0.203. The summed E-state index contributed by atoms with van der Waals surface area (Å²) in [4.78, 5) is 23.6. The van der Waals surface area contributed by atoms with Crippen LogP contribution in [0.15, 0.2) is 12.4 Å². The van der Waals surface area contributed by atoms with E-state index in [4.69, 9.17) is 5.11 Å². The second kappa shape index (κ2) is 5.48. The number of nitrogens with one attached hydrogen (secondary N) is 1. The molecule has 2 N–H and O–H groups in total. The molecule has 1 aromatic heterocycles. The normalized spacial score (nSPS) is 15.2. The van der Waals surface area contributed by atoms with Gasteiger partial charge in [-0.3, -0.25) is 9.48 Å². The van der Waals surface area contributed by atoms with E-state index >= 15 is 0 Å². The average Bonchev–Trinajstić information content (AvgIpc) is 2.74. The third kappa shape index (κ3) is 2.96. The number of nitrogens with zero attached hydrogens (tertiary/aromatic N) is 4. The van der Waals surface area contributed by atoms with Crippen LogP contribution in [0.2, 0.25) is 0 Å². The summed E-state index contributed by atoms with van der Waals surface area (Å²) in [7, 11) is 0. The van der Waals surface area contributed by atoms with Crippen LogP contribution < -0.4 is 5.32 Å². The Hall–Kier alpha value is -2.12. The van der Waals surface area contributed by atoms with Gasteiger partial charge < -0.3 is 15.3 Å². The quantitative estimate of drug-likeness (QED) is 0.682. The van der Waals surface area contributed by atoms with Crippen LogP contribution in [0.25, 0.3) is 0 Å². The van der Waals surface area contributed by atoms with E-state index in [-0.39, 0.29) is 6.03 Å². The topological polar surface area (TPSA) is 100 Å². The number of likely N-dealkylation sites (tertiary alicyclic amines) is 1. The van der Waals surface area contributed by atoms with Crippen LogP contribution >= 0.6 is 0 Å². The van der Waals surface area contributed by atoms with E-state index in [1.807, 2.05) is 0 Å². The van der Waals surface area contributed by atoms with Gasteiger partial charge in [0.1, 0.15) is 0 Å². The van der Waals surface area contributed by atoms with Crippen molar-refractivity contribution in [2.45, 2.75) is 13.0 Å². The number of aryl methyl sites for hydroxylation is 1. The second-order valence-electron chi connectivity index (χ2n) is 4.19. The van der Waals surface area contributed by atoms with E-state index in [0.29, 0.717) is 26.2 Å². The smallest absolute Gasteiger partial charge is 0.317 e. The van der Waals surface area contributed by atoms with Gasteiger partial charge in [-0.2, -0.15) is 0 Å². The van der Waals surface area contributed by atoms with Crippen molar-refractivity contribution in [3.05, 3.63) is 12.4 Å². The highest BCUT2D eigenvalue weighted by molar-refractivity contribution is 5.79. The van der Waals surface area contributed by atoms with Crippen molar-refractivity contribution in [3.63, 3.8) is 0 Å². The lowest BCUT2D eigenvalue weighted by Crippen LogP contribution is -2.56. The SMILES string of the molecule is O=C(O)C1CN(C(=O)NCCCn2ccnn2)C1. The molecule has 2 heterocycles. The van der Waals surface area contributed by atoms with Crippen LogP contribution in [0.5, 0.6) is 0 Å². The lowest BCUT2D eigenvalue weighted by molar-refractivity contribution is -0.146. The molecule has 0 unspecified atom stereocenters. The molecular weight excluding hydrogens is 238 g/mol. The Labute approximate surface area is 104 Å². The minimum atomic E-state index is -0.842. The molecule has 2 amide bonds. The Morgan fingerprint density at radius 3 is 2.83 bits per heavy atom. The molecule has 0 saturated carbocycles. The van der Waals surface area contributed by atoms with E-state index in [1.54, 1.807) is 17.1 Å². The van der Waals surface area contributed by atoms with Gasteiger partial charge in [0.25, 0.3) is 0 Å². The fraction of sp³-hybridized carbons (Fsp3) is 0.600. The van der Waals surface area contributed by atoms with Crippen LogP contribution in [0.4, 0.5) is 4.79 Å². The summed E-state index contributed by atoms with van der Waals surface area (Å²) in [5.74, 6) is -1.25. The predicted octanol–water partition coefficient (Wildman–Crippen LogP) is -0.606. The molecule has 8 nitrogen and oxygen atoms in total. The number of carboxylic acid groups (broad SMARTS) is 1. The first kappa shape index (κ1) is 12.3. The maximum atomic E-state index is 11.5. The number of rotatable bonds is 5. The zero-order valence-corrected chi connectivity index (χ0v) is 9.82. The Bertz CT molecular complexity index is 413. The first-order valence-electron chi connectivity index (χ1n) is 5.76. The van der Waals surface area contributed by atoms with Crippen molar-refractivity contribution >= 4 is 12.0 Å². The van der Waals surface area contributed by atoms with E-state index < -0.39 is 11.9 Å². The average molecular weight is 253 g/mol. The van der Waals surface area contributed by atoms with Gasteiger partial charge in [-0.1, -0.05) is 5.21 Å². The lowest BCUT2D eigenvalue weighted by Gasteiger charge is -2.36. The molecule has 1 aromatic rings. The summed E-state index contributed by atoms with van der Waals surface area (Å²) < 4.78 is 1.69. The van der Waals surface area contributed by atoms with Crippen LogP contribution in [-0.2, 0) is 11.3 Å². The molecule has 1 fully saturated rings. The third-order valence-electron chi connectivity index (χ3n) is 2.83. The van der Waals surface area contributed by atoms with Crippen molar-refractivity contribution in [2.75, 3.05) is 19.6 Å². The van der Waals surface area contributed by atoms with E-state index in [1.165, 1.54) is 4.90 Å². The van der Waals surface area contributed by atoms with Gasteiger partial charge in [0.2, 0.25) is 0 Å². The summed E-state index contributed by atoms with van der Waals surface area (Å²) in [5, 5.41) is 18.9. The highest BCUT2D eigenvalue weighted by atomic mass is 16.4. The standard InChI is InChI=1S/C10H15N5O3/c16-9(17)8-6-14(7-8)10(18)11-2-1-4-15-5-3-12-13-15/h3,5,8H,1-2,4,6-7H2,(H,11,18)(H,16,17). The molecule has 0 aromatic carbocycles. The highest BCUT2D eigenvalue weighted by Crippen LogP contribution is 2.14. The zero-order valence-electron chi connectivity index (χ0n) is 9.82. The number of carbonyl (C=O) groups is 2. The number of hydrogen-bond donors (Lipinski definition) is 2. The van der Waals surface area contributed by atoms with E-state index in [9.17, 15) is 9.59 Å². The molecule has 2 rings (SSSR count). The molecule has 1 aliphatic rings. The number of urea groups is 1. The van der Waals surface area contributed by atoms with Crippen molar-refractivity contribution in [1.82, 2.24) is 25.2 Å². The molecule has 0 radical (unpaired) electrons. The second-order valence-corrected chi connectivity index (χ2v) is 4.19. The lowest BCUT2D eigenvalue weighted by atomic mass is 10.0. The summed E-state index contributed by atoms with van der Waals surface area (Å²) in [6.07, 6.45) is 4.12. The molecular formula is C10H15N5O3. The number of carbonyl (C=O) groups excluding carboxylic acids is 1. The van der Waals surface area contributed by atoms with Crippen molar-refractivity contribution in [2.24, 2.45) is 5.92 Å². The predicted molar refractivity (Wildman–Crippen MR) is 60.7 cm³/mol. The van der Waals surface area contributed by atoms with Crippen molar-refractivity contribution in [1.29, 1.82) is 0 Å². The number of hydrogen-bond acceptors (Lipinski definition) is 4. The van der Waals surface area contributed by atoms with Gasteiger partial charge in [-0.05, 0) is 6.42 Å². The number of aliphatic carboxylic acids is 1. The minimum Gasteiger partial charge on any atom is -0.481 e. The minimum absolute atomic E-state index is 0.203. The van der Waals surface area contributed by atoms with Gasteiger partial charge in [0.15, 0.2) is 0 Å². The maximum absolute atomic E-state index is 11.5. The number of aromatic nitrogens is 3. The zero-order chi connectivity index (χ0) is 13.0. The Balaban J connectivity index is 1.57. The molecule has 8 heteroatoms. The van der Waals surface area contributed by atoms with Crippen LogP contribution in [0.3, 0.4) is 0 Å². The Morgan fingerprint density at radius 2 is 2.22 bits per heavy atom. The monoisotopic (exact) mass is 253 g/mol. The third-order valence-corrected chi connectivity index (χ3v) is 2.83. The van der Waals surface area contributed by atoms with Gasteiger partial charge >= 0.3 is 12.0 Å². The fourth-order valence-electron chi connectivity index (χ4n) is 1.70. The molecule has 0 aliphatic carbocycles. The van der Waals surface area contributed by atoms with Gasteiger partial charge in [0.05, 0.1) is 12.1 Å². The summed E-state index contributed by atoms with van der Waals surface area (Å²) in [6.45, 7) is 1.82. The fourth-order valence-corrected chi connectivity index (χ4v) is 1.70. The van der Waals surface area contributed by atoms with Gasteiger partial charge in [-0.15, -0.1) is 5.10 Å². The van der Waals surface area contributed by atoms with E-state index in [2.05, 4.69) is 15.6 Å². The molecule has 0 spiro atoms. The Kier molecular flexibility index (Phi) is 3.75. The molecule has 98 valence electrons. The van der Waals surface area contributed by atoms with Gasteiger partial charge in [0, 0.05) is 32.4 Å². The van der Waals surface area contributed by atoms with Crippen LogP contribution in [0, 0.1) is 5.92 Å². The summed E-state index contributed by atoms with van der Waals surface area (Å²) >= 11 is 0. The highest BCUT2D eigenvalue weighted by Gasteiger charge is 2.35. The molecule has 0 atom stereocenters. The molecule has 1 saturated heterocycles. The largest absolute Gasteiger partial charge is 0.481 e. The van der Waals surface area contributed by atoms with E-state index in [0.717, 1.165) is 6.42 Å². The van der Waals surface area contributed by atoms with Gasteiger partial charge in [-0.25, -0.2) is 4.79 Å². The van der Waals surface area contributed by atoms with Crippen molar-refractivity contribution < 1.29 is 14.7 Å². The van der Waals surface area contributed by atoms with Crippen LogP contribution in [0.1, 0.15) is 6.42 Å². The molecule has 18 heavy (non-hydrogen) atoms. The molecule has 0 bridgehead atoms. The molecule has 1 aliphatic heterocycles. The first-order valence-corrected chi connectivity index (χ1v) is 5.76. The Morgan fingerprint density at radius 1 is 1.44 bits per heavy atom.